The van der Waals surface area contributed by atoms with E-state index in [0.717, 1.165) is 6.07 Å². The van der Waals surface area contributed by atoms with Crippen LogP contribution >= 0.6 is 15.9 Å². The molecule has 0 aromatic heterocycles. The molecule has 0 fully saturated rings. The maximum Gasteiger partial charge on any atom is 0.284 e. The van der Waals surface area contributed by atoms with Crippen LogP contribution in [0.3, 0.4) is 0 Å². The molecule has 0 radical (unpaired) electrons. The van der Waals surface area contributed by atoms with E-state index >= 15 is 0 Å². The highest BCUT2D eigenvalue weighted by Crippen LogP contribution is 2.39. The van der Waals surface area contributed by atoms with E-state index in [1.54, 1.807) is 19.1 Å². The summed E-state index contributed by atoms with van der Waals surface area (Å²) in [6.07, 6.45) is 0.696. The molecular weight excluding hydrogens is 394 g/mol. The number of halogens is 1. The summed E-state index contributed by atoms with van der Waals surface area (Å²) in [4.78, 5) is 47.8. The van der Waals surface area contributed by atoms with Gasteiger partial charge in [0.05, 0.1) is 16.1 Å². The number of nitrogens with zero attached hydrogens (tertiary/aromatic N) is 2. The Bertz CT molecular complexity index is 956. The van der Waals surface area contributed by atoms with Gasteiger partial charge in [-0.2, -0.15) is 5.01 Å². The molecule has 1 N–H and O–H groups in total. The third-order valence-corrected chi connectivity index (χ3v) is 4.69. The molecule has 1 aliphatic heterocycles. The van der Waals surface area contributed by atoms with Crippen LogP contribution in [0.5, 0.6) is 0 Å². The number of benzene rings is 2. The predicted molar refractivity (Wildman–Crippen MR) is 91.9 cm³/mol. The maximum atomic E-state index is 12.7. The van der Waals surface area contributed by atoms with Crippen molar-refractivity contribution in [1.29, 1.82) is 0 Å². The Morgan fingerprint density at radius 2 is 1.96 bits per heavy atom. The van der Waals surface area contributed by atoms with Crippen molar-refractivity contribution in [3.05, 3.63) is 50.0 Å². The van der Waals surface area contributed by atoms with Gasteiger partial charge in [0, 0.05) is 23.3 Å². The largest absolute Gasteiger partial charge is 0.284 e. The molecule has 128 valence electrons. The summed E-state index contributed by atoms with van der Waals surface area (Å²) in [6.45, 7) is 1.79. The summed E-state index contributed by atoms with van der Waals surface area (Å²) >= 11 is 3.17. The van der Waals surface area contributed by atoms with Gasteiger partial charge in [0.15, 0.2) is 0 Å². The summed E-state index contributed by atoms with van der Waals surface area (Å²) in [5.74, 6) is -1.95. The Kier molecular flexibility index (Phi) is 4.25. The van der Waals surface area contributed by atoms with Crippen molar-refractivity contribution >= 4 is 50.1 Å². The summed E-state index contributed by atoms with van der Waals surface area (Å²) in [5, 5.41) is 12.6. The highest BCUT2D eigenvalue weighted by Gasteiger charge is 2.36. The molecule has 2 aromatic rings. The van der Waals surface area contributed by atoms with E-state index in [1.165, 1.54) is 6.07 Å². The molecule has 9 heteroatoms. The average molecular weight is 406 g/mol. The summed E-state index contributed by atoms with van der Waals surface area (Å²) < 4.78 is 0.196. The van der Waals surface area contributed by atoms with Crippen molar-refractivity contribution in [2.24, 2.45) is 0 Å². The molecule has 0 atom stereocenters. The molecule has 2 aromatic carbocycles. The highest BCUT2D eigenvalue weighted by atomic mass is 79.9. The molecule has 0 unspecified atom stereocenters. The lowest BCUT2D eigenvalue weighted by atomic mass is 9.94. The molecule has 0 aliphatic carbocycles. The van der Waals surface area contributed by atoms with Crippen molar-refractivity contribution in [3.63, 3.8) is 0 Å². The van der Waals surface area contributed by atoms with Crippen LogP contribution in [0, 0.1) is 10.1 Å². The van der Waals surface area contributed by atoms with Crippen LogP contribution in [0.2, 0.25) is 0 Å². The van der Waals surface area contributed by atoms with Crippen molar-refractivity contribution in [2.45, 2.75) is 19.8 Å². The van der Waals surface area contributed by atoms with E-state index in [9.17, 15) is 24.5 Å². The lowest BCUT2D eigenvalue weighted by molar-refractivity contribution is -0.385. The molecule has 1 aliphatic rings. The van der Waals surface area contributed by atoms with Crippen LogP contribution in [0.4, 0.5) is 5.69 Å². The first kappa shape index (κ1) is 17.0. The standard InChI is InChI=1S/C16H12BrN3O5/c1-2-4-12(21)18-19-15(22)9-6-3-5-8-13(9)10(16(19)23)7-11(14(8)17)20(24)25/h3,5-7H,2,4H2,1H3,(H,18,21). The molecule has 3 amide bonds. The number of amides is 3. The van der Waals surface area contributed by atoms with Crippen molar-refractivity contribution in [1.82, 2.24) is 10.4 Å². The van der Waals surface area contributed by atoms with Crippen molar-refractivity contribution in [3.8, 4) is 0 Å². The highest BCUT2D eigenvalue weighted by molar-refractivity contribution is 9.10. The predicted octanol–water partition coefficient (Wildman–Crippen LogP) is 2.94. The molecular formula is C16H12BrN3O5. The monoisotopic (exact) mass is 405 g/mol. The molecule has 0 bridgehead atoms. The zero-order chi connectivity index (χ0) is 18.3. The molecule has 1 heterocycles. The van der Waals surface area contributed by atoms with E-state index in [4.69, 9.17) is 0 Å². The fourth-order valence-corrected chi connectivity index (χ4v) is 3.35. The number of carbonyl (C=O) groups excluding carboxylic acids is 3. The fourth-order valence-electron chi connectivity index (χ4n) is 2.76. The van der Waals surface area contributed by atoms with Gasteiger partial charge in [0.2, 0.25) is 5.91 Å². The van der Waals surface area contributed by atoms with Gasteiger partial charge < -0.3 is 0 Å². The quantitative estimate of drug-likeness (QED) is 0.477. The second kappa shape index (κ2) is 6.25. The van der Waals surface area contributed by atoms with Crippen molar-refractivity contribution in [2.75, 3.05) is 0 Å². The van der Waals surface area contributed by atoms with Gasteiger partial charge in [-0.15, -0.1) is 0 Å². The maximum absolute atomic E-state index is 12.7. The smallest absolute Gasteiger partial charge is 0.273 e. The second-order valence-corrected chi connectivity index (χ2v) is 6.27. The van der Waals surface area contributed by atoms with Gasteiger partial charge in [-0.05, 0) is 28.4 Å². The van der Waals surface area contributed by atoms with Gasteiger partial charge in [0.25, 0.3) is 17.5 Å². The van der Waals surface area contributed by atoms with Crippen LogP contribution in [0.15, 0.2) is 28.7 Å². The minimum atomic E-state index is -0.797. The average Bonchev–Trinajstić information content (AvgIpc) is 2.57. The van der Waals surface area contributed by atoms with E-state index in [2.05, 4.69) is 21.4 Å². The van der Waals surface area contributed by atoms with E-state index in [1.807, 2.05) is 0 Å². The first-order valence-electron chi connectivity index (χ1n) is 7.44. The number of hydrazine groups is 1. The lowest BCUT2D eigenvalue weighted by Crippen LogP contribution is -2.51. The summed E-state index contributed by atoms with van der Waals surface area (Å²) in [5.41, 5.74) is 2.18. The van der Waals surface area contributed by atoms with Crippen LogP contribution in [0.25, 0.3) is 10.8 Å². The minimum Gasteiger partial charge on any atom is -0.273 e. The number of hydrogen-bond acceptors (Lipinski definition) is 5. The Balaban J connectivity index is 2.22. The molecule has 8 nitrogen and oxygen atoms in total. The van der Waals surface area contributed by atoms with Gasteiger partial charge in [-0.1, -0.05) is 19.1 Å². The molecule has 25 heavy (non-hydrogen) atoms. The van der Waals surface area contributed by atoms with Crippen LogP contribution in [-0.4, -0.2) is 27.7 Å². The zero-order valence-electron chi connectivity index (χ0n) is 13.0. The Hall–Kier alpha value is -2.81. The normalized spacial score (nSPS) is 13.3. The van der Waals surface area contributed by atoms with Gasteiger partial charge in [0.1, 0.15) is 4.47 Å². The molecule has 0 spiro atoms. The second-order valence-electron chi connectivity index (χ2n) is 5.47. The SMILES string of the molecule is CCCC(=O)NN1C(=O)c2cccc3c(Br)c([N+](=O)[O-])cc(c23)C1=O. The zero-order valence-corrected chi connectivity index (χ0v) is 14.6. The third kappa shape index (κ3) is 2.66. The Morgan fingerprint density at radius 1 is 1.28 bits per heavy atom. The van der Waals surface area contributed by atoms with Gasteiger partial charge in [-0.25, -0.2) is 0 Å². The van der Waals surface area contributed by atoms with Crippen LogP contribution in [-0.2, 0) is 4.79 Å². The first-order chi connectivity index (χ1) is 11.9. The summed E-state index contributed by atoms with van der Waals surface area (Å²) in [7, 11) is 0. The first-order valence-corrected chi connectivity index (χ1v) is 8.24. The number of nitrogens with one attached hydrogen (secondary N) is 1. The fraction of sp³-hybridized carbons (Fsp3) is 0.188. The van der Waals surface area contributed by atoms with E-state index < -0.39 is 22.6 Å². The molecule has 0 saturated carbocycles. The number of nitro benzene ring substituents is 1. The van der Waals surface area contributed by atoms with Crippen LogP contribution < -0.4 is 5.43 Å². The lowest BCUT2D eigenvalue weighted by Gasteiger charge is -2.27. The van der Waals surface area contributed by atoms with E-state index in [-0.39, 0.29) is 27.7 Å². The number of nitro groups is 1. The number of hydrogen-bond donors (Lipinski definition) is 1. The Morgan fingerprint density at radius 3 is 2.60 bits per heavy atom. The number of carbonyl (C=O) groups is 3. The van der Waals surface area contributed by atoms with Crippen molar-refractivity contribution < 1.29 is 19.3 Å². The molecule has 0 saturated heterocycles. The Labute approximate surface area is 150 Å². The minimum absolute atomic E-state index is 0.00287. The molecule has 3 rings (SSSR count). The topological polar surface area (TPSA) is 110 Å². The van der Waals surface area contributed by atoms with Gasteiger partial charge >= 0.3 is 0 Å². The van der Waals surface area contributed by atoms with Crippen LogP contribution in [0.1, 0.15) is 40.5 Å². The number of rotatable bonds is 4. The summed E-state index contributed by atoms with van der Waals surface area (Å²) in [6, 6.07) is 5.78. The van der Waals surface area contributed by atoms with Gasteiger partial charge in [-0.3, -0.25) is 29.9 Å². The third-order valence-electron chi connectivity index (χ3n) is 3.85. The van der Waals surface area contributed by atoms with E-state index in [0.29, 0.717) is 22.2 Å². The number of imide groups is 1.